The van der Waals surface area contributed by atoms with Crippen molar-refractivity contribution in [2.24, 2.45) is 0 Å². The molecule has 0 N–H and O–H groups in total. The third-order valence-corrected chi connectivity index (χ3v) is 2.30. The molecule has 0 fully saturated rings. The first-order valence-corrected chi connectivity index (χ1v) is 4.75. The Bertz CT molecular complexity index is 440. The second kappa shape index (κ2) is 3.95. The number of nitrogens with zero attached hydrogens (tertiary/aromatic N) is 2. The zero-order chi connectivity index (χ0) is 9.97. The van der Waals surface area contributed by atoms with Gasteiger partial charge in [-0.3, -0.25) is 4.98 Å². The van der Waals surface area contributed by atoms with Crippen molar-refractivity contribution in [1.82, 2.24) is 9.97 Å². The van der Waals surface area contributed by atoms with Crippen LogP contribution in [0.1, 0.15) is 0 Å². The molecule has 0 radical (unpaired) electrons. The predicted molar refractivity (Wildman–Crippen MR) is 57.5 cm³/mol. The van der Waals surface area contributed by atoms with Crippen molar-refractivity contribution in [2.45, 2.75) is 0 Å². The van der Waals surface area contributed by atoms with Gasteiger partial charge in [-0.25, -0.2) is 4.98 Å². The smallest absolute Gasteiger partial charge is 0.155 e. The Kier molecular flexibility index (Phi) is 2.66. The molecule has 0 atom stereocenters. The fourth-order valence-corrected chi connectivity index (χ4v) is 1.46. The highest BCUT2D eigenvalue weighted by Crippen LogP contribution is 2.24. The highest BCUT2D eigenvalue weighted by Gasteiger charge is 2.04. The van der Waals surface area contributed by atoms with Crippen molar-refractivity contribution < 1.29 is 0 Å². The van der Waals surface area contributed by atoms with E-state index in [9.17, 15) is 0 Å². The number of benzene rings is 1. The largest absolute Gasteiger partial charge is 0.251 e. The van der Waals surface area contributed by atoms with Gasteiger partial charge < -0.3 is 0 Å². The van der Waals surface area contributed by atoms with E-state index in [0.29, 0.717) is 15.9 Å². The maximum atomic E-state index is 5.89. The zero-order valence-electron chi connectivity index (χ0n) is 7.11. The number of aromatic nitrogens is 2. The third-order valence-electron chi connectivity index (χ3n) is 1.77. The molecule has 0 aliphatic carbocycles. The molecule has 2 rings (SSSR count). The summed E-state index contributed by atoms with van der Waals surface area (Å²) in [6.45, 7) is 0. The molecule has 1 aromatic carbocycles. The molecule has 0 amide bonds. The van der Waals surface area contributed by atoms with Crippen LogP contribution in [0.3, 0.4) is 0 Å². The average Bonchev–Trinajstić information content (AvgIpc) is 2.20. The van der Waals surface area contributed by atoms with Gasteiger partial charge >= 0.3 is 0 Å². The Morgan fingerprint density at radius 1 is 0.857 bits per heavy atom. The molecule has 0 bridgehead atoms. The van der Waals surface area contributed by atoms with E-state index in [1.54, 1.807) is 24.5 Å². The summed E-state index contributed by atoms with van der Waals surface area (Å²) in [5.41, 5.74) is 1.58. The normalized spacial score (nSPS) is 10.1. The highest BCUT2D eigenvalue weighted by molar-refractivity contribution is 6.32. The van der Waals surface area contributed by atoms with E-state index in [2.05, 4.69) is 9.97 Å². The predicted octanol–water partition coefficient (Wildman–Crippen LogP) is 3.45. The number of hydrogen-bond donors (Lipinski definition) is 0. The molecule has 2 aromatic rings. The molecular formula is C10H6Cl2N2. The van der Waals surface area contributed by atoms with Gasteiger partial charge in [0.05, 0.1) is 0 Å². The van der Waals surface area contributed by atoms with Crippen LogP contribution in [-0.4, -0.2) is 9.97 Å². The van der Waals surface area contributed by atoms with E-state index in [1.165, 1.54) is 0 Å². The summed E-state index contributed by atoms with van der Waals surface area (Å²) >= 11 is 11.7. The third kappa shape index (κ3) is 1.86. The number of rotatable bonds is 1. The van der Waals surface area contributed by atoms with Gasteiger partial charge in [0.25, 0.3) is 0 Å². The molecule has 0 aliphatic rings. The first kappa shape index (κ1) is 9.44. The molecule has 4 heteroatoms. The van der Waals surface area contributed by atoms with E-state index in [0.717, 1.165) is 5.56 Å². The maximum absolute atomic E-state index is 5.89. The summed E-state index contributed by atoms with van der Waals surface area (Å²) in [6.07, 6.45) is 3.16. The van der Waals surface area contributed by atoms with Gasteiger partial charge in [-0.05, 0) is 12.1 Å². The van der Waals surface area contributed by atoms with Gasteiger partial charge in [0, 0.05) is 23.0 Å². The monoisotopic (exact) mass is 224 g/mol. The highest BCUT2D eigenvalue weighted by atomic mass is 35.5. The van der Waals surface area contributed by atoms with E-state index in [-0.39, 0.29) is 0 Å². The SMILES string of the molecule is Clc1ccc(-c2nccnc2Cl)cc1. The lowest BCUT2D eigenvalue weighted by molar-refractivity contribution is 1.21. The van der Waals surface area contributed by atoms with Gasteiger partial charge in [-0.2, -0.15) is 0 Å². The van der Waals surface area contributed by atoms with E-state index >= 15 is 0 Å². The van der Waals surface area contributed by atoms with Gasteiger partial charge in [-0.15, -0.1) is 0 Å². The first-order valence-electron chi connectivity index (χ1n) is 4.00. The minimum atomic E-state index is 0.398. The van der Waals surface area contributed by atoms with E-state index < -0.39 is 0 Å². The van der Waals surface area contributed by atoms with Crippen LogP contribution in [0.4, 0.5) is 0 Å². The second-order valence-electron chi connectivity index (χ2n) is 2.70. The number of hydrogen-bond acceptors (Lipinski definition) is 2. The van der Waals surface area contributed by atoms with Crippen LogP contribution >= 0.6 is 23.2 Å². The van der Waals surface area contributed by atoms with Crippen LogP contribution < -0.4 is 0 Å². The molecule has 70 valence electrons. The van der Waals surface area contributed by atoms with Crippen molar-refractivity contribution >= 4 is 23.2 Å². The van der Waals surface area contributed by atoms with Crippen LogP contribution in [0.2, 0.25) is 10.2 Å². The molecule has 0 saturated carbocycles. The van der Waals surface area contributed by atoms with Crippen LogP contribution in [0.15, 0.2) is 36.7 Å². The molecule has 1 aromatic heterocycles. The lowest BCUT2D eigenvalue weighted by Crippen LogP contribution is -1.86. The van der Waals surface area contributed by atoms with Crippen LogP contribution in [0.5, 0.6) is 0 Å². The first-order chi connectivity index (χ1) is 6.77. The summed E-state index contributed by atoms with van der Waals surface area (Å²) in [7, 11) is 0. The van der Waals surface area contributed by atoms with Gasteiger partial charge in [0.2, 0.25) is 0 Å². The zero-order valence-corrected chi connectivity index (χ0v) is 8.63. The second-order valence-corrected chi connectivity index (χ2v) is 3.50. The van der Waals surface area contributed by atoms with Crippen LogP contribution in [0.25, 0.3) is 11.3 Å². The Hall–Kier alpha value is -1.12. The Morgan fingerprint density at radius 3 is 2.14 bits per heavy atom. The van der Waals surface area contributed by atoms with Crippen molar-refractivity contribution in [1.29, 1.82) is 0 Å². The molecule has 0 aliphatic heterocycles. The van der Waals surface area contributed by atoms with Crippen LogP contribution in [0, 0.1) is 0 Å². The van der Waals surface area contributed by atoms with Gasteiger partial charge in [-0.1, -0.05) is 35.3 Å². The quantitative estimate of drug-likeness (QED) is 0.742. The summed E-state index contributed by atoms with van der Waals surface area (Å²) in [6, 6.07) is 7.31. The summed E-state index contributed by atoms with van der Waals surface area (Å²) in [5, 5.41) is 1.09. The molecule has 1 heterocycles. The Morgan fingerprint density at radius 2 is 1.50 bits per heavy atom. The lowest BCUT2D eigenvalue weighted by Gasteiger charge is -2.01. The van der Waals surface area contributed by atoms with Crippen LogP contribution in [-0.2, 0) is 0 Å². The lowest BCUT2D eigenvalue weighted by atomic mass is 10.2. The topological polar surface area (TPSA) is 25.8 Å². The van der Waals surface area contributed by atoms with Crippen molar-refractivity contribution in [3.8, 4) is 11.3 Å². The standard InChI is InChI=1S/C10H6Cl2N2/c11-8-3-1-7(2-4-8)9-10(12)14-6-5-13-9/h1-6H. The van der Waals surface area contributed by atoms with Gasteiger partial charge in [0.15, 0.2) is 5.15 Å². The molecule has 0 saturated heterocycles. The van der Waals surface area contributed by atoms with Crippen molar-refractivity contribution in [3.05, 3.63) is 46.8 Å². The molecule has 0 unspecified atom stereocenters. The van der Waals surface area contributed by atoms with Gasteiger partial charge in [0.1, 0.15) is 5.69 Å². The summed E-state index contributed by atoms with van der Waals surface area (Å²) in [5.74, 6) is 0. The van der Waals surface area contributed by atoms with Crippen molar-refractivity contribution in [3.63, 3.8) is 0 Å². The summed E-state index contributed by atoms with van der Waals surface area (Å²) < 4.78 is 0. The minimum absolute atomic E-state index is 0.398. The summed E-state index contributed by atoms with van der Waals surface area (Å²) in [4.78, 5) is 8.09. The Labute approximate surface area is 91.5 Å². The molecule has 2 nitrogen and oxygen atoms in total. The van der Waals surface area contributed by atoms with Crippen molar-refractivity contribution in [2.75, 3.05) is 0 Å². The Balaban J connectivity index is 2.50. The van der Waals surface area contributed by atoms with E-state index in [4.69, 9.17) is 23.2 Å². The van der Waals surface area contributed by atoms with E-state index in [1.807, 2.05) is 12.1 Å². The molecular weight excluding hydrogens is 219 g/mol. The minimum Gasteiger partial charge on any atom is -0.251 e. The molecule has 14 heavy (non-hydrogen) atoms. The fourth-order valence-electron chi connectivity index (χ4n) is 1.12. The maximum Gasteiger partial charge on any atom is 0.155 e. The fraction of sp³-hybridized carbons (Fsp3) is 0. The number of halogens is 2. The molecule has 0 spiro atoms. The average molecular weight is 225 g/mol.